The number of carbonyl (C=O) groups is 1. The second-order valence-electron chi connectivity index (χ2n) is 5.21. The van der Waals surface area contributed by atoms with Gasteiger partial charge in [-0.2, -0.15) is 0 Å². The normalized spacial score (nSPS) is 10.7. The summed E-state index contributed by atoms with van der Waals surface area (Å²) in [5.41, 5.74) is 7.85. The molecule has 2 N–H and O–H groups in total. The summed E-state index contributed by atoms with van der Waals surface area (Å²) < 4.78 is 10.5. The molecule has 3 rings (SSSR count). The molecule has 5 heteroatoms. The Bertz CT molecular complexity index is 943. The average Bonchev–Trinajstić information content (AvgIpc) is 2.52. The highest BCUT2D eigenvalue weighted by molar-refractivity contribution is 5.94. The van der Waals surface area contributed by atoms with E-state index in [9.17, 15) is 9.59 Å². The molecule has 0 spiro atoms. The van der Waals surface area contributed by atoms with Crippen LogP contribution in [-0.4, -0.2) is 12.5 Å². The van der Waals surface area contributed by atoms with Crippen molar-refractivity contribution in [1.82, 2.24) is 0 Å². The molecule has 0 aliphatic rings. The molecule has 3 aromatic rings. The maximum atomic E-state index is 11.9. The number of rotatable bonds is 4. The Morgan fingerprint density at radius 1 is 1.13 bits per heavy atom. The van der Waals surface area contributed by atoms with E-state index in [0.29, 0.717) is 11.3 Å². The van der Waals surface area contributed by atoms with E-state index in [-0.39, 0.29) is 6.61 Å². The van der Waals surface area contributed by atoms with Crippen molar-refractivity contribution in [2.75, 3.05) is 6.61 Å². The van der Waals surface area contributed by atoms with E-state index in [4.69, 9.17) is 14.9 Å². The standard InChI is InChI=1S/C18H15NO4/c1-11-4-2-3-5-13(11)15-9-18(21)23-16-8-12(6-7-14(15)16)22-10-17(19)20/h2-9H,10H2,1H3,(H2,19,20). The Balaban J connectivity index is 2.15. The van der Waals surface area contributed by atoms with Gasteiger partial charge in [-0.05, 0) is 30.2 Å². The fraction of sp³-hybridized carbons (Fsp3) is 0.111. The molecule has 0 unspecified atom stereocenters. The summed E-state index contributed by atoms with van der Waals surface area (Å²) in [6.45, 7) is 1.76. The molecule has 0 fully saturated rings. The predicted molar refractivity (Wildman–Crippen MR) is 87.3 cm³/mol. The van der Waals surface area contributed by atoms with Crippen molar-refractivity contribution in [2.24, 2.45) is 5.73 Å². The number of benzene rings is 2. The van der Waals surface area contributed by atoms with E-state index in [1.165, 1.54) is 6.07 Å². The van der Waals surface area contributed by atoms with E-state index in [1.807, 2.05) is 31.2 Å². The summed E-state index contributed by atoms with van der Waals surface area (Å²) in [6.07, 6.45) is 0. The molecule has 23 heavy (non-hydrogen) atoms. The van der Waals surface area contributed by atoms with Crippen molar-refractivity contribution in [3.63, 3.8) is 0 Å². The molecule has 116 valence electrons. The summed E-state index contributed by atoms with van der Waals surface area (Å²) in [5, 5.41) is 0.797. The third kappa shape index (κ3) is 3.08. The van der Waals surface area contributed by atoms with Crippen LogP contribution >= 0.6 is 0 Å². The molecule has 1 heterocycles. The average molecular weight is 309 g/mol. The smallest absolute Gasteiger partial charge is 0.336 e. The third-order valence-corrected chi connectivity index (χ3v) is 3.53. The number of hydrogen-bond donors (Lipinski definition) is 1. The van der Waals surface area contributed by atoms with Gasteiger partial charge >= 0.3 is 5.63 Å². The minimum Gasteiger partial charge on any atom is -0.484 e. The molecular weight excluding hydrogens is 294 g/mol. The van der Waals surface area contributed by atoms with Gasteiger partial charge in [0, 0.05) is 23.1 Å². The van der Waals surface area contributed by atoms with Crippen molar-refractivity contribution in [2.45, 2.75) is 6.92 Å². The second-order valence-corrected chi connectivity index (χ2v) is 5.21. The fourth-order valence-electron chi connectivity index (χ4n) is 2.49. The van der Waals surface area contributed by atoms with E-state index < -0.39 is 11.5 Å². The number of primary amides is 1. The topological polar surface area (TPSA) is 82.5 Å². The number of carbonyl (C=O) groups excluding carboxylic acids is 1. The highest BCUT2D eigenvalue weighted by atomic mass is 16.5. The molecule has 0 atom stereocenters. The van der Waals surface area contributed by atoms with Crippen LogP contribution in [-0.2, 0) is 4.79 Å². The van der Waals surface area contributed by atoms with Crippen LogP contribution in [0.2, 0.25) is 0 Å². The predicted octanol–water partition coefficient (Wildman–Crippen LogP) is 2.63. The van der Waals surface area contributed by atoms with E-state index in [2.05, 4.69) is 0 Å². The van der Waals surface area contributed by atoms with Crippen LogP contribution in [0.15, 0.2) is 57.7 Å². The summed E-state index contributed by atoms with van der Waals surface area (Å²) in [6, 6.07) is 14.4. The lowest BCUT2D eigenvalue weighted by Crippen LogP contribution is -2.19. The van der Waals surface area contributed by atoms with Gasteiger partial charge in [0.2, 0.25) is 0 Å². The van der Waals surface area contributed by atoms with Crippen LogP contribution in [0, 0.1) is 6.92 Å². The largest absolute Gasteiger partial charge is 0.484 e. The van der Waals surface area contributed by atoms with Gasteiger partial charge in [-0.1, -0.05) is 24.3 Å². The van der Waals surface area contributed by atoms with Crippen LogP contribution in [0.5, 0.6) is 5.75 Å². The molecule has 5 nitrogen and oxygen atoms in total. The van der Waals surface area contributed by atoms with E-state index in [0.717, 1.165) is 22.1 Å². The number of fused-ring (bicyclic) bond motifs is 1. The number of hydrogen-bond acceptors (Lipinski definition) is 4. The third-order valence-electron chi connectivity index (χ3n) is 3.53. The first kappa shape index (κ1) is 14.8. The van der Waals surface area contributed by atoms with Gasteiger partial charge in [0.15, 0.2) is 6.61 Å². The lowest BCUT2D eigenvalue weighted by molar-refractivity contribution is -0.119. The number of nitrogens with two attached hydrogens (primary N) is 1. The van der Waals surface area contributed by atoms with Crippen LogP contribution in [0.4, 0.5) is 0 Å². The van der Waals surface area contributed by atoms with Crippen LogP contribution in [0.3, 0.4) is 0 Å². The highest BCUT2D eigenvalue weighted by Crippen LogP contribution is 2.31. The molecule has 0 bridgehead atoms. The Labute approximate surface area is 132 Å². The van der Waals surface area contributed by atoms with E-state index in [1.54, 1.807) is 18.2 Å². The molecule has 2 aromatic carbocycles. The van der Waals surface area contributed by atoms with E-state index >= 15 is 0 Å². The minimum atomic E-state index is -0.569. The lowest BCUT2D eigenvalue weighted by Gasteiger charge is -2.10. The zero-order valence-electron chi connectivity index (χ0n) is 12.5. The first-order valence-corrected chi connectivity index (χ1v) is 7.09. The number of amides is 1. The van der Waals surface area contributed by atoms with Crippen molar-refractivity contribution < 1.29 is 13.9 Å². The van der Waals surface area contributed by atoms with Crippen molar-refractivity contribution in [3.05, 3.63) is 64.5 Å². The maximum absolute atomic E-state index is 11.9. The summed E-state index contributed by atoms with van der Waals surface area (Å²) in [4.78, 5) is 22.7. The number of ether oxygens (including phenoxy) is 1. The highest BCUT2D eigenvalue weighted by Gasteiger charge is 2.11. The first-order valence-electron chi connectivity index (χ1n) is 7.09. The molecule has 0 saturated carbocycles. The van der Waals surface area contributed by atoms with Crippen molar-refractivity contribution in [3.8, 4) is 16.9 Å². The molecule has 1 aromatic heterocycles. The lowest BCUT2D eigenvalue weighted by atomic mass is 9.98. The molecule has 0 aliphatic carbocycles. The monoisotopic (exact) mass is 309 g/mol. The van der Waals surface area contributed by atoms with Crippen LogP contribution in [0.1, 0.15) is 5.56 Å². The maximum Gasteiger partial charge on any atom is 0.336 e. The summed E-state index contributed by atoms with van der Waals surface area (Å²) in [5.74, 6) is -0.151. The Kier molecular flexibility index (Phi) is 3.85. The van der Waals surface area contributed by atoms with Gasteiger partial charge < -0.3 is 14.9 Å². The Morgan fingerprint density at radius 3 is 2.65 bits per heavy atom. The van der Waals surface area contributed by atoms with Gasteiger partial charge in [-0.3, -0.25) is 4.79 Å². The fourth-order valence-corrected chi connectivity index (χ4v) is 2.49. The van der Waals surface area contributed by atoms with Crippen LogP contribution < -0.4 is 16.1 Å². The van der Waals surface area contributed by atoms with Gasteiger partial charge in [0.25, 0.3) is 5.91 Å². The van der Waals surface area contributed by atoms with Crippen molar-refractivity contribution in [1.29, 1.82) is 0 Å². The van der Waals surface area contributed by atoms with Gasteiger partial charge in [-0.25, -0.2) is 4.79 Å². The van der Waals surface area contributed by atoms with Gasteiger partial charge in [0.05, 0.1) is 0 Å². The second kappa shape index (κ2) is 5.96. The van der Waals surface area contributed by atoms with Gasteiger partial charge in [-0.15, -0.1) is 0 Å². The Morgan fingerprint density at radius 2 is 1.91 bits per heavy atom. The first-order chi connectivity index (χ1) is 11.0. The zero-order valence-corrected chi connectivity index (χ0v) is 12.5. The molecule has 0 radical (unpaired) electrons. The Hall–Kier alpha value is -3.08. The van der Waals surface area contributed by atoms with Crippen LogP contribution in [0.25, 0.3) is 22.1 Å². The number of aryl methyl sites for hydroxylation is 1. The molecular formula is C18H15NO4. The zero-order chi connectivity index (χ0) is 16.4. The SMILES string of the molecule is Cc1ccccc1-c1cc(=O)oc2cc(OCC(N)=O)ccc12. The van der Waals surface area contributed by atoms with Gasteiger partial charge in [0.1, 0.15) is 11.3 Å². The summed E-state index contributed by atoms with van der Waals surface area (Å²) >= 11 is 0. The summed E-state index contributed by atoms with van der Waals surface area (Å²) in [7, 11) is 0. The minimum absolute atomic E-state index is 0.229. The van der Waals surface area contributed by atoms with Crippen molar-refractivity contribution >= 4 is 16.9 Å². The molecule has 0 saturated heterocycles. The quantitative estimate of drug-likeness (QED) is 0.751. The molecule has 1 amide bonds. The molecule has 0 aliphatic heterocycles.